The van der Waals surface area contributed by atoms with Crippen LogP contribution in [0.2, 0.25) is 0 Å². The Morgan fingerprint density at radius 3 is 2.56 bits per heavy atom. The van der Waals surface area contributed by atoms with Crippen molar-refractivity contribution in [3.8, 4) is 0 Å². The van der Waals surface area contributed by atoms with Crippen molar-refractivity contribution >= 4 is 11.6 Å². The number of aryl methyl sites for hydroxylation is 1. The summed E-state index contributed by atoms with van der Waals surface area (Å²) in [5.41, 5.74) is 2.36. The molecule has 2 aliphatic rings. The molecule has 2 aromatic rings. The molecule has 2 aliphatic heterocycles. The molecule has 2 aromatic heterocycles. The summed E-state index contributed by atoms with van der Waals surface area (Å²) in [4.78, 5) is 33.6. The van der Waals surface area contributed by atoms with E-state index in [1.165, 1.54) is 0 Å². The molecule has 0 saturated carbocycles. The predicted octanol–water partition coefficient (Wildman–Crippen LogP) is 1.45. The second kappa shape index (κ2) is 5.95. The van der Waals surface area contributed by atoms with E-state index in [2.05, 4.69) is 4.90 Å². The van der Waals surface area contributed by atoms with Gasteiger partial charge in [0.15, 0.2) is 0 Å². The standard InChI is InChI=1S/C19H24N4O2/c1-14-4-3-8-23-16(24)12-15(20-17(14)23)13-22-10-6-19(7-11-22)5-9-21(2)18(19)25/h3-4,8,12H,5-7,9-11,13H2,1-2H3. The first-order valence-electron chi connectivity index (χ1n) is 8.94. The van der Waals surface area contributed by atoms with Crippen LogP contribution in [0.15, 0.2) is 29.2 Å². The van der Waals surface area contributed by atoms with Gasteiger partial charge >= 0.3 is 0 Å². The molecule has 6 nitrogen and oxygen atoms in total. The normalized spacial score (nSPS) is 20.7. The highest BCUT2D eigenvalue weighted by molar-refractivity contribution is 5.84. The van der Waals surface area contributed by atoms with E-state index in [0.29, 0.717) is 12.5 Å². The molecule has 1 spiro atoms. The fraction of sp³-hybridized carbons (Fsp3) is 0.526. The number of nitrogens with zero attached hydrogens (tertiary/aromatic N) is 4. The molecule has 0 unspecified atom stereocenters. The molecule has 0 N–H and O–H groups in total. The highest BCUT2D eigenvalue weighted by atomic mass is 16.2. The van der Waals surface area contributed by atoms with E-state index in [4.69, 9.17) is 4.98 Å². The summed E-state index contributed by atoms with van der Waals surface area (Å²) in [6, 6.07) is 5.47. The smallest absolute Gasteiger partial charge is 0.258 e. The van der Waals surface area contributed by atoms with Crippen LogP contribution in [-0.2, 0) is 11.3 Å². The van der Waals surface area contributed by atoms with Gasteiger partial charge in [0.1, 0.15) is 5.65 Å². The lowest BCUT2D eigenvalue weighted by Gasteiger charge is -2.37. The lowest BCUT2D eigenvalue weighted by Crippen LogP contribution is -2.44. The van der Waals surface area contributed by atoms with Crippen molar-refractivity contribution in [1.82, 2.24) is 19.2 Å². The van der Waals surface area contributed by atoms with Gasteiger partial charge in [0.2, 0.25) is 5.91 Å². The Bertz CT molecular complexity index is 881. The quantitative estimate of drug-likeness (QED) is 0.830. The third kappa shape index (κ3) is 2.74. The highest BCUT2D eigenvalue weighted by Crippen LogP contribution is 2.41. The third-order valence-corrected chi connectivity index (χ3v) is 5.86. The van der Waals surface area contributed by atoms with Crippen LogP contribution in [0.3, 0.4) is 0 Å². The summed E-state index contributed by atoms with van der Waals surface area (Å²) in [6.07, 6.45) is 4.54. The summed E-state index contributed by atoms with van der Waals surface area (Å²) in [6.45, 7) is 5.28. The number of aromatic nitrogens is 2. The monoisotopic (exact) mass is 340 g/mol. The van der Waals surface area contributed by atoms with Crippen molar-refractivity contribution in [2.24, 2.45) is 5.41 Å². The van der Waals surface area contributed by atoms with Gasteiger partial charge in [0, 0.05) is 32.4 Å². The second-order valence-corrected chi connectivity index (χ2v) is 7.50. The van der Waals surface area contributed by atoms with Crippen molar-refractivity contribution in [2.45, 2.75) is 32.7 Å². The van der Waals surface area contributed by atoms with Gasteiger partial charge in [0.25, 0.3) is 5.56 Å². The first kappa shape index (κ1) is 16.3. The maximum atomic E-state index is 12.4. The van der Waals surface area contributed by atoms with Crippen LogP contribution in [0.5, 0.6) is 0 Å². The highest BCUT2D eigenvalue weighted by Gasteiger charge is 2.46. The zero-order chi connectivity index (χ0) is 17.6. The molecule has 4 rings (SSSR count). The number of carbonyl (C=O) groups excluding carboxylic acids is 1. The molecule has 2 fully saturated rings. The topological polar surface area (TPSA) is 57.9 Å². The van der Waals surface area contributed by atoms with Crippen LogP contribution in [0, 0.1) is 12.3 Å². The minimum Gasteiger partial charge on any atom is -0.345 e. The number of pyridine rings is 1. The summed E-state index contributed by atoms with van der Waals surface area (Å²) < 4.78 is 1.59. The first-order chi connectivity index (χ1) is 12.0. The molecule has 6 heteroatoms. The van der Waals surface area contributed by atoms with E-state index < -0.39 is 0 Å². The largest absolute Gasteiger partial charge is 0.345 e. The number of hydrogen-bond acceptors (Lipinski definition) is 4. The summed E-state index contributed by atoms with van der Waals surface area (Å²) in [5, 5.41) is 0. The zero-order valence-corrected chi connectivity index (χ0v) is 14.9. The van der Waals surface area contributed by atoms with E-state index in [-0.39, 0.29) is 11.0 Å². The molecule has 4 heterocycles. The zero-order valence-electron chi connectivity index (χ0n) is 14.9. The van der Waals surface area contributed by atoms with E-state index in [0.717, 1.165) is 55.8 Å². The number of likely N-dealkylation sites (tertiary alicyclic amines) is 2. The molecule has 0 radical (unpaired) electrons. The second-order valence-electron chi connectivity index (χ2n) is 7.50. The van der Waals surface area contributed by atoms with E-state index >= 15 is 0 Å². The maximum Gasteiger partial charge on any atom is 0.258 e. The molecule has 0 aliphatic carbocycles. The Labute approximate surface area is 147 Å². The van der Waals surface area contributed by atoms with Crippen molar-refractivity contribution in [3.63, 3.8) is 0 Å². The van der Waals surface area contributed by atoms with Gasteiger partial charge in [-0.2, -0.15) is 0 Å². The van der Waals surface area contributed by atoms with Crippen LogP contribution in [0.4, 0.5) is 0 Å². The van der Waals surface area contributed by atoms with Crippen LogP contribution in [-0.4, -0.2) is 51.8 Å². The SMILES string of the molecule is Cc1cccn2c(=O)cc(CN3CCC4(CC3)CCN(C)C4=O)nc12. The van der Waals surface area contributed by atoms with Gasteiger partial charge in [0.05, 0.1) is 11.1 Å². The Kier molecular flexibility index (Phi) is 3.87. The minimum absolute atomic E-state index is 0.0372. The molecule has 0 bridgehead atoms. The van der Waals surface area contributed by atoms with Crippen LogP contribution in [0.25, 0.3) is 5.65 Å². The summed E-state index contributed by atoms with van der Waals surface area (Å²) >= 11 is 0. The van der Waals surface area contributed by atoms with Gasteiger partial charge in [-0.15, -0.1) is 0 Å². The van der Waals surface area contributed by atoms with E-state index in [1.807, 2.05) is 31.0 Å². The van der Waals surface area contributed by atoms with Crippen molar-refractivity contribution < 1.29 is 4.79 Å². The van der Waals surface area contributed by atoms with Gasteiger partial charge in [-0.05, 0) is 50.9 Å². The predicted molar refractivity (Wildman–Crippen MR) is 95.4 cm³/mol. The lowest BCUT2D eigenvalue weighted by molar-refractivity contribution is -0.137. The molecule has 1 amide bonds. The molecule has 25 heavy (non-hydrogen) atoms. The average molecular weight is 340 g/mol. The molecular weight excluding hydrogens is 316 g/mol. The number of piperidine rings is 1. The fourth-order valence-electron chi connectivity index (χ4n) is 4.22. The minimum atomic E-state index is -0.141. The van der Waals surface area contributed by atoms with Crippen molar-refractivity contribution in [3.05, 3.63) is 46.0 Å². The van der Waals surface area contributed by atoms with E-state index in [1.54, 1.807) is 16.7 Å². The van der Waals surface area contributed by atoms with Crippen molar-refractivity contribution in [1.29, 1.82) is 0 Å². The maximum absolute atomic E-state index is 12.4. The fourth-order valence-corrected chi connectivity index (χ4v) is 4.22. The van der Waals surface area contributed by atoms with Crippen LogP contribution in [0.1, 0.15) is 30.5 Å². The van der Waals surface area contributed by atoms with Gasteiger partial charge in [-0.25, -0.2) is 4.98 Å². The number of fused-ring (bicyclic) bond motifs is 1. The third-order valence-electron chi connectivity index (χ3n) is 5.86. The number of rotatable bonds is 2. The number of amides is 1. The van der Waals surface area contributed by atoms with E-state index in [9.17, 15) is 9.59 Å². The Balaban J connectivity index is 1.51. The molecule has 2 saturated heterocycles. The van der Waals surface area contributed by atoms with Gasteiger partial charge < -0.3 is 4.90 Å². The Hall–Kier alpha value is -2.21. The van der Waals surface area contributed by atoms with Crippen molar-refractivity contribution in [2.75, 3.05) is 26.7 Å². The van der Waals surface area contributed by atoms with Crippen LogP contribution >= 0.6 is 0 Å². The molecular formula is C19H24N4O2. The van der Waals surface area contributed by atoms with Crippen LogP contribution < -0.4 is 5.56 Å². The average Bonchev–Trinajstić information content (AvgIpc) is 2.87. The summed E-state index contributed by atoms with van der Waals surface area (Å²) in [7, 11) is 1.90. The number of hydrogen-bond donors (Lipinski definition) is 0. The molecule has 0 aromatic carbocycles. The first-order valence-corrected chi connectivity index (χ1v) is 8.94. The summed E-state index contributed by atoms with van der Waals surface area (Å²) in [5.74, 6) is 0.310. The molecule has 0 atom stereocenters. The van der Waals surface area contributed by atoms with Gasteiger partial charge in [-0.3, -0.25) is 18.9 Å². The number of carbonyl (C=O) groups is 1. The van der Waals surface area contributed by atoms with Gasteiger partial charge in [-0.1, -0.05) is 6.07 Å². The Morgan fingerprint density at radius 1 is 1.16 bits per heavy atom. The molecule has 132 valence electrons. The Morgan fingerprint density at radius 2 is 1.88 bits per heavy atom. The lowest BCUT2D eigenvalue weighted by atomic mass is 9.77.